The number of hydrogen-bond donors (Lipinski definition) is 0. The van der Waals surface area contributed by atoms with E-state index in [9.17, 15) is 9.59 Å². The number of thioether (sulfide) groups is 1. The Bertz CT molecular complexity index is 766. The molecule has 128 valence electrons. The van der Waals surface area contributed by atoms with Gasteiger partial charge in [0.2, 0.25) is 11.8 Å². The quantitative estimate of drug-likeness (QED) is 0.851. The van der Waals surface area contributed by atoms with Gasteiger partial charge in [0.1, 0.15) is 5.37 Å². The number of nitrogens with zero attached hydrogens (tertiary/aromatic N) is 2. The maximum Gasteiger partial charge on any atom is 0.229 e. The monoisotopic (exact) mass is 352 g/mol. The van der Waals surface area contributed by atoms with Crippen LogP contribution >= 0.6 is 11.8 Å². The van der Waals surface area contributed by atoms with E-state index in [1.807, 2.05) is 53.4 Å². The number of hydrogen-bond acceptors (Lipinski definition) is 3. The minimum absolute atomic E-state index is 0.0349. The second-order valence-electron chi connectivity index (χ2n) is 6.41. The minimum Gasteiger partial charge on any atom is -0.325 e. The molecule has 2 atom stereocenters. The van der Waals surface area contributed by atoms with Crippen molar-refractivity contribution in [3.8, 4) is 0 Å². The molecule has 0 saturated carbocycles. The molecule has 0 aromatic heterocycles. The Morgan fingerprint density at radius 3 is 2.40 bits per heavy atom. The molecule has 0 N–H and O–H groups in total. The van der Waals surface area contributed by atoms with Crippen molar-refractivity contribution in [3.63, 3.8) is 0 Å². The second kappa shape index (κ2) is 6.92. The Kier molecular flexibility index (Phi) is 4.49. The average molecular weight is 352 g/mol. The van der Waals surface area contributed by atoms with E-state index in [1.165, 1.54) is 0 Å². The fourth-order valence-electron chi connectivity index (χ4n) is 3.55. The number of carbonyl (C=O) groups excluding carboxylic acids is 2. The topological polar surface area (TPSA) is 40.6 Å². The first-order valence-electron chi connectivity index (χ1n) is 8.56. The summed E-state index contributed by atoms with van der Waals surface area (Å²) in [5, 5.41) is 0.0644. The van der Waals surface area contributed by atoms with Gasteiger partial charge < -0.3 is 9.80 Å². The second-order valence-corrected chi connectivity index (χ2v) is 7.59. The van der Waals surface area contributed by atoms with Crippen LogP contribution in [0.1, 0.15) is 17.4 Å². The molecule has 2 saturated heterocycles. The van der Waals surface area contributed by atoms with E-state index in [0.717, 1.165) is 23.5 Å². The molecule has 2 aromatic carbocycles. The summed E-state index contributed by atoms with van der Waals surface area (Å²) in [5.41, 5.74) is 2.03. The van der Waals surface area contributed by atoms with Crippen LogP contribution in [0.3, 0.4) is 0 Å². The first-order valence-corrected chi connectivity index (χ1v) is 9.61. The van der Waals surface area contributed by atoms with Gasteiger partial charge in [-0.25, -0.2) is 0 Å². The lowest BCUT2D eigenvalue weighted by atomic mass is 10.1. The smallest absolute Gasteiger partial charge is 0.229 e. The summed E-state index contributed by atoms with van der Waals surface area (Å²) in [4.78, 5) is 29.2. The Hall–Kier alpha value is -2.27. The van der Waals surface area contributed by atoms with Crippen molar-refractivity contribution in [1.29, 1.82) is 0 Å². The van der Waals surface area contributed by atoms with Crippen LogP contribution in [0, 0.1) is 5.92 Å². The molecule has 2 amide bonds. The van der Waals surface area contributed by atoms with Gasteiger partial charge in [-0.05, 0) is 17.7 Å². The molecule has 4 nitrogen and oxygen atoms in total. The normalized spacial score (nSPS) is 23.3. The van der Waals surface area contributed by atoms with Gasteiger partial charge in [0.25, 0.3) is 0 Å². The third kappa shape index (κ3) is 3.16. The van der Waals surface area contributed by atoms with Crippen LogP contribution in [0.15, 0.2) is 60.7 Å². The number of para-hydroxylation sites is 1. The third-order valence-electron chi connectivity index (χ3n) is 4.80. The zero-order valence-electron chi connectivity index (χ0n) is 13.9. The van der Waals surface area contributed by atoms with E-state index in [0.29, 0.717) is 13.0 Å². The Morgan fingerprint density at radius 2 is 1.68 bits per heavy atom. The lowest BCUT2D eigenvalue weighted by Crippen LogP contribution is -2.37. The van der Waals surface area contributed by atoms with Crippen molar-refractivity contribution in [2.24, 2.45) is 5.92 Å². The fraction of sp³-hybridized carbons (Fsp3) is 0.300. The summed E-state index contributed by atoms with van der Waals surface area (Å²) in [6.45, 7) is 1.23. The highest BCUT2D eigenvalue weighted by Crippen LogP contribution is 2.39. The number of amides is 2. The molecule has 2 aromatic rings. The van der Waals surface area contributed by atoms with Crippen molar-refractivity contribution >= 4 is 29.3 Å². The summed E-state index contributed by atoms with van der Waals surface area (Å²) < 4.78 is 0. The van der Waals surface area contributed by atoms with E-state index in [-0.39, 0.29) is 23.1 Å². The van der Waals surface area contributed by atoms with Crippen molar-refractivity contribution in [3.05, 3.63) is 66.2 Å². The molecule has 0 radical (unpaired) electrons. The number of benzene rings is 2. The molecular weight excluding hydrogens is 332 g/mol. The van der Waals surface area contributed by atoms with E-state index in [1.54, 1.807) is 16.7 Å². The van der Waals surface area contributed by atoms with Gasteiger partial charge in [-0.3, -0.25) is 9.59 Å². The summed E-state index contributed by atoms with van der Waals surface area (Å²) in [6, 6.07) is 19.7. The molecule has 2 unspecified atom stereocenters. The highest BCUT2D eigenvalue weighted by Gasteiger charge is 2.40. The van der Waals surface area contributed by atoms with Crippen LogP contribution in [0.4, 0.5) is 5.69 Å². The molecule has 5 heteroatoms. The lowest BCUT2D eigenvalue weighted by Gasteiger charge is -2.26. The van der Waals surface area contributed by atoms with Crippen LogP contribution in [0.5, 0.6) is 0 Å². The van der Waals surface area contributed by atoms with Crippen LogP contribution < -0.4 is 4.90 Å². The zero-order valence-corrected chi connectivity index (χ0v) is 14.7. The summed E-state index contributed by atoms with van der Waals surface area (Å²) in [6.07, 6.45) is 0.302. The number of carbonyl (C=O) groups is 2. The van der Waals surface area contributed by atoms with Crippen LogP contribution in [-0.4, -0.2) is 35.6 Å². The predicted molar refractivity (Wildman–Crippen MR) is 100 cm³/mol. The van der Waals surface area contributed by atoms with Crippen molar-refractivity contribution in [1.82, 2.24) is 4.90 Å². The van der Waals surface area contributed by atoms with Gasteiger partial charge in [-0.1, -0.05) is 48.5 Å². The van der Waals surface area contributed by atoms with Gasteiger partial charge in [0.15, 0.2) is 0 Å². The fourth-order valence-corrected chi connectivity index (χ4v) is 4.82. The molecule has 0 spiro atoms. The summed E-state index contributed by atoms with van der Waals surface area (Å²) in [5.74, 6) is 0.824. The van der Waals surface area contributed by atoms with E-state index >= 15 is 0 Å². The summed E-state index contributed by atoms with van der Waals surface area (Å²) in [7, 11) is 0. The molecule has 2 heterocycles. The van der Waals surface area contributed by atoms with Gasteiger partial charge in [0.05, 0.1) is 5.92 Å². The van der Waals surface area contributed by atoms with Crippen molar-refractivity contribution in [2.45, 2.75) is 11.8 Å². The molecule has 4 rings (SSSR count). The highest BCUT2D eigenvalue weighted by molar-refractivity contribution is 7.99. The minimum atomic E-state index is -0.252. The highest BCUT2D eigenvalue weighted by atomic mass is 32.2. The molecule has 0 bridgehead atoms. The maximum absolute atomic E-state index is 13.1. The first kappa shape index (κ1) is 16.2. The molecular formula is C20H20N2O2S. The largest absolute Gasteiger partial charge is 0.325 e. The van der Waals surface area contributed by atoms with Crippen LogP contribution in [0.25, 0.3) is 0 Å². The Balaban J connectivity index is 1.50. The van der Waals surface area contributed by atoms with Crippen molar-refractivity contribution < 1.29 is 9.59 Å². The van der Waals surface area contributed by atoms with E-state index in [2.05, 4.69) is 12.1 Å². The van der Waals surface area contributed by atoms with E-state index in [4.69, 9.17) is 0 Å². The molecule has 2 fully saturated rings. The van der Waals surface area contributed by atoms with Gasteiger partial charge in [-0.2, -0.15) is 0 Å². The lowest BCUT2D eigenvalue weighted by molar-refractivity contribution is -0.136. The number of anilines is 1. The van der Waals surface area contributed by atoms with Crippen LogP contribution in [-0.2, 0) is 9.59 Å². The average Bonchev–Trinajstić information content (AvgIpc) is 3.29. The van der Waals surface area contributed by atoms with Crippen molar-refractivity contribution in [2.75, 3.05) is 23.7 Å². The molecule has 2 aliphatic rings. The van der Waals surface area contributed by atoms with Gasteiger partial charge in [0, 0.05) is 31.0 Å². The zero-order chi connectivity index (χ0) is 17.2. The molecule has 2 aliphatic heterocycles. The van der Waals surface area contributed by atoms with E-state index < -0.39 is 0 Å². The Morgan fingerprint density at radius 1 is 1.00 bits per heavy atom. The standard InChI is InChI=1S/C20H20N2O2S/c23-18-13-16(14-22(18)17-9-5-2-6-10-17)19(24)21-11-12-25-20(21)15-7-3-1-4-8-15/h1-10,16,20H,11-14H2. The molecule has 25 heavy (non-hydrogen) atoms. The number of rotatable bonds is 3. The third-order valence-corrected chi connectivity index (χ3v) is 6.06. The first-order chi connectivity index (χ1) is 12.2. The summed E-state index contributed by atoms with van der Waals surface area (Å²) >= 11 is 1.80. The predicted octanol–water partition coefficient (Wildman–Crippen LogP) is 3.31. The van der Waals surface area contributed by atoms with Gasteiger partial charge >= 0.3 is 0 Å². The SMILES string of the molecule is O=C1CC(C(=O)N2CCSC2c2ccccc2)CN1c1ccccc1. The molecule has 0 aliphatic carbocycles. The maximum atomic E-state index is 13.1. The van der Waals surface area contributed by atoms with Gasteiger partial charge in [-0.15, -0.1) is 11.8 Å². The Labute approximate surface area is 151 Å². The van der Waals surface area contributed by atoms with Crippen LogP contribution in [0.2, 0.25) is 0 Å².